The zero-order valence-corrected chi connectivity index (χ0v) is 15.3. The topological polar surface area (TPSA) is 29.1 Å². The molecule has 0 aromatic rings. The van der Waals surface area contributed by atoms with Gasteiger partial charge in [0.1, 0.15) is 0 Å². The average molecular weight is 303 g/mol. The molecule has 0 aliphatic rings. The van der Waals surface area contributed by atoms with Crippen molar-refractivity contribution in [2.75, 3.05) is 6.54 Å². The van der Waals surface area contributed by atoms with Gasteiger partial charge in [-0.25, -0.2) is 0 Å². The van der Waals surface area contributed by atoms with E-state index in [-0.39, 0.29) is 5.91 Å². The van der Waals surface area contributed by atoms with Crippen LogP contribution in [0.3, 0.4) is 0 Å². The standard InChI is InChI=1S/C20H33NO/c1-16(2)9-7-11-18(5)13-14-21-20(22)15-19(6)12-8-10-17(3)4/h9-10,13,15H,7-8,11-12,14H2,1-6H3,(H,21,22)/b18-13+,19-15+. The Bertz CT molecular complexity index is 456. The Morgan fingerprint density at radius 2 is 1.27 bits per heavy atom. The third-order valence-electron chi connectivity index (χ3n) is 3.29. The van der Waals surface area contributed by atoms with Crippen LogP contribution in [0.4, 0.5) is 0 Å². The largest absolute Gasteiger partial charge is 0.349 e. The zero-order valence-electron chi connectivity index (χ0n) is 15.3. The summed E-state index contributed by atoms with van der Waals surface area (Å²) < 4.78 is 0. The molecule has 0 saturated carbocycles. The van der Waals surface area contributed by atoms with Gasteiger partial charge >= 0.3 is 0 Å². The fourth-order valence-corrected chi connectivity index (χ4v) is 1.95. The second-order valence-corrected chi connectivity index (χ2v) is 6.43. The summed E-state index contributed by atoms with van der Waals surface area (Å²) in [5.41, 5.74) is 5.13. The highest BCUT2D eigenvalue weighted by Gasteiger charge is 1.97. The number of allylic oxidation sites excluding steroid dienone is 6. The van der Waals surface area contributed by atoms with Crippen molar-refractivity contribution in [2.24, 2.45) is 0 Å². The van der Waals surface area contributed by atoms with Gasteiger partial charge < -0.3 is 5.32 Å². The molecule has 22 heavy (non-hydrogen) atoms. The Labute approximate surface area is 137 Å². The van der Waals surface area contributed by atoms with Gasteiger partial charge in [-0.2, -0.15) is 0 Å². The van der Waals surface area contributed by atoms with E-state index in [1.807, 2.05) is 6.92 Å². The third kappa shape index (κ3) is 13.4. The van der Waals surface area contributed by atoms with E-state index >= 15 is 0 Å². The van der Waals surface area contributed by atoms with Gasteiger partial charge in [0, 0.05) is 12.6 Å². The van der Waals surface area contributed by atoms with Crippen LogP contribution in [0.5, 0.6) is 0 Å². The SMILES string of the molecule is CC(C)=CCC/C(C)=C/CNC(=O)/C=C(\C)CCC=C(C)C. The fourth-order valence-electron chi connectivity index (χ4n) is 1.95. The van der Waals surface area contributed by atoms with Crippen molar-refractivity contribution >= 4 is 5.91 Å². The molecular weight excluding hydrogens is 270 g/mol. The summed E-state index contributed by atoms with van der Waals surface area (Å²) in [6.07, 6.45) is 12.3. The Morgan fingerprint density at radius 3 is 1.77 bits per heavy atom. The normalized spacial score (nSPS) is 11.9. The number of amides is 1. The quantitative estimate of drug-likeness (QED) is 0.443. The average Bonchev–Trinajstić information content (AvgIpc) is 2.37. The van der Waals surface area contributed by atoms with Gasteiger partial charge in [0.25, 0.3) is 0 Å². The van der Waals surface area contributed by atoms with Crippen molar-refractivity contribution in [3.8, 4) is 0 Å². The first-order valence-electron chi connectivity index (χ1n) is 8.18. The molecule has 2 nitrogen and oxygen atoms in total. The molecule has 0 heterocycles. The maximum Gasteiger partial charge on any atom is 0.244 e. The molecule has 124 valence electrons. The summed E-state index contributed by atoms with van der Waals surface area (Å²) in [5, 5.41) is 2.92. The van der Waals surface area contributed by atoms with Crippen molar-refractivity contribution in [1.82, 2.24) is 5.32 Å². The molecule has 0 saturated heterocycles. The highest BCUT2D eigenvalue weighted by atomic mass is 16.1. The molecule has 1 amide bonds. The number of carbonyl (C=O) groups excluding carboxylic acids is 1. The van der Waals surface area contributed by atoms with Gasteiger partial charge in [-0.1, -0.05) is 40.5 Å². The van der Waals surface area contributed by atoms with Crippen molar-refractivity contribution in [3.05, 3.63) is 46.6 Å². The third-order valence-corrected chi connectivity index (χ3v) is 3.29. The Kier molecular flexibility index (Phi) is 11.2. The first-order valence-corrected chi connectivity index (χ1v) is 8.18. The number of hydrogen-bond donors (Lipinski definition) is 1. The van der Waals surface area contributed by atoms with E-state index in [2.05, 4.69) is 58.2 Å². The molecular formula is C20H33NO. The lowest BCUT2D eigenvalue weighted by molar-refractivity contribution is -0.116. The van der Waals surface area contributed by atoms with Gasteiger partial charge in [0.05, 0.1) is 0 Å². The fraction of sp³-hybridized carbons (Fsp3) is 0.550. The lowest BCUT2D eigenvalue weighted by atomic mass is 10.1. The lowest BCUT2D eigenvalue weighted by Crippen LogP contribution is -2.21. The molecule has 0 fully saturated rings. The molecule has 0 spiro atoms. The Hall–Kier alpha value is -1.57. The summed E-state index contributed by atoms with van der Waals surface area (Å²) in [6, 6.07) is 0. The minimum atomic E-state index is 0.00282. The second-order valence-electron chi connectivity index (χ2n) is 6.43. The van der Waals surface area contributed by atoms with Crippen LogP contribution in [-0.2, 0) is 4.79 Å². The Morgan fingerprint density at radius 1 is 0.773 bits per heavy atom. The lowest BCUT2D eigenvalue weighted by Gasteiger charge is -2.03. The molecule has 1 N–H and O–H groups in total. The van der Waals surface area contributed by atoms with Crippen LogP contribution in [-0.4, -0.2) is 12.5 Å². The summed E-state index contributed by atoms with van der Waals surface area (Å²) in [4.78, 5) is 11.8. The first kappa shape index (κ1) is 20.4. The molecule has 0 aromatic heterocycles. The predicted molar refractivity (Wildman–Crippen MR) is 97.9 cm³/mol. The van der Waals surface area contributed by atoms with E-state index in [0.717, 1.165) is 31.3 Å². The molecule has 0 aromatic carbocycles. The molecule has 0 aliphatic heterocycles. The molecule has 0 bridgehead atoms. The summed E-state index contributed by atoms with van der Waals surface area (Å²) in [5.74, 6) is 0.00282. The second kappa shape index (κ2) is 12.0. The Balaban J connectivity index is 4.06. The van der Waals surface area contributed by atoms with Gasteiger partial charge in [0.15, 0.2) is 0 Å². The maximum absolute atomic E-state index is 11.8. The summed E-state index contributed by atoms with van der Waals surface area (Å²) in [6.45, 7) is 13.2. The van der Waals surface area contributed by atoms with Crippen molar-refractivity contribution < 1.29 is 4.79 Å². The minimum Gasteiger partial charge on any atom is -0.349 e. The predicted octanol–water partition coefficient (Wildman–Crippen LogP) is 5.49. The maximum atomic E-state index is 11.8. The van der Waals surface area contributed by atoms with Crippen LogP contribution in [0.15, 0.2) is 46.6 Å². The summed E-state index contributed by atoms with van der Waals surface area (Å²) in [7, 11) is 0. The van der Waals surface area contributed by atoms with Gasteiger partial charge in [-0.3, -0.25) is 4.79 Å². The van der Waals surface area contributed by atoms with Crippen LogP contribution in [0, 0.1) is 0 Å². The monoisotopic (exact) mass is 303 g/mol. The molecule has 2 heteroatoms. The van der Waals surface area contributed by atoms with Gasteiger partial charge in [0.2, 0.25) is 5.91 Å². The van der Waals surface area contributed by atoms with Crippen LogP contribution >= 0.6 is 0 Å². The van der Waals surface area contributed by atoms with Crippen molar-refractivity contribution in [2.45, 2.75) is 67.2 Å². The summed E-state index contributed by atoms with van der Waals surface area (Å²) >= 11 is 0. The molecule has 0 rings (SSSR count). The molecule has 0 aliphatic carbocycles. The van der Waals surface area contributed by atoms with Gasteiger partial charge in [-0.15, -0.1) is 0 Å². The van der Waals surface area contributed by atoms with E-state index in [9.17, 15) is 4.79 Å². The highest BCUT2D eigenvalue weighted by molar-refractivity contribution is 5.88. The number of rotatable bonds is 9. The molecule has 0 atom stereocenters. The smallest absolute Gasteiger partial charge is 0.244 e. The molecule has 0 unspecified atom stereocenters. The van der Waals surface area contributed by atoms with Crippen LogP contribution in [0.2, 0.25) is 0 Å². The number of hydrogen-bond acceptors (Lipinski definition) is 1. The van der Waals surface area contributed by atoms with E-state index in [4.69, 9.17) is 0 Å². The number of nitrogens with one attached hydrogen (secondary N) is 1. The zero-order chi connectivity index (χ0) is 17.0. The van der Waals surface area contributed by atoms with Crippen molar-refractivity contribution in [3.63, 3.8) is 0 Å². The first-order chi connectivity index (χ1) is 10.3. The minimum absolute atomic E-state index is 0.00282. The van der Waals surface area contributed by atoms with E-state index < -0.39 is 0 Å². The van der Waals surface area contributed by atoms with Crippen LogP contribution in [0.25, 0.3) is 0 Å². The highest BCUT2D eigenvalue weighted by Crippen LogP contribution is 2.07. The van der Waals surface area contributed by atoms with E-state index in [1.54, 1.807) is 6.08 Å². The van der Waals surface area contributed by atoms with E-state index in [1.165, 1.54) is 16.7 Å². The molecule has 0 radical (unpaired) electrons. The number of carbonyl (C=O) groups is 1. The van der Waals surface area contributed by atoms with Crippen LogP contribution in [0.1, 0.15) is 67.2 Å². The van der Waals surface area contributed by atoms with Gasteiger partial charge in [-0.05, 0) is 67.2 Å². The van der Waals surface area contributed by atoms with E-state index in [0.29, 0.717) is 6.54 Å². The van der Waals surface area contributed by atoms with Crippen LogP contribution < -0.4 is 5.32 Å². The van der Waals surface area contributed by atoms with Crippen molar-refractivity contribution in [1.29, 1.82) is 0 Å².